The first-order valence-corrected chi connectivity index (χ1v) is 7.51. The number of hydrogen-bond donors (Lipinski definition) is 1. The number of carbonyl (C=O) groups excluding carboxylic acids is 1. The Morgan fingerprint density at radius 3 is 2.63 bits per heavy atom. The SMILES string of the molecule is CC1CN(C(=O)OC(C)(C)C)CCC12CCCNC2. The second kappa shape index (κ2) is 5.31. The molecule has 0 aliphatic carbocycles. The van der Waals surface area contributed by atoms with Crippen LogP contribution in [0.25, 0.3) is 0 Å². The molecule has 0 saturated carbocycles. The number of nitrogens with one attached hydrogen (secondary N) is 1. The van der Waals surface area contributed by atoms with Crippen LogP contribution in [0.5, 0.6) is 0 Å². The van der Waals surface area contributed by atoms with Gasteiger partial charge in [-0.3, -0.25) is 0 Å². The molecule has 19 heavy (non-hydrogen) atoms. The second-order valence-corrected chi connectivity index (χ2v) is 7.22. The van der Waals surface area contributed by atoms with Gasteiger partial charge in [0.25, 0.3) is 0 Å². The summed E-state index contributed by atoms with van der Waals surface area (Å²) >= 11 is 0. The van der Waals surface area contributed by atoms with Gasteiger partial charge < -0.3 is 15.0 Å². The molecule has 1 amide bonds. The highest BCUT2D eigenvalue weighted by atomic mass is 16.6. The summed E-state index contributed by atoms with van der Waals surface area (Å²) in [6.07, 6.45) is 3.50. The molecule has 110 valence electrons. The van der Waals surface area contributed by atoms with Gasteiger partial charge in [-0.1, -0.05) is 6.92 Å². The van der Waals surface area contributed by atoms with Gasteiger partial charge in [-0.2, -0.15) is 0 Å². The molecule has 1 N–H and O–H groups in total. The highest BCUT2D eigenvalue weighted by Crippen LogP contribution is 2.41. The van der Waals surface area contributed by atoms with Crippen LogP contribution in [0.15, 0.2) is 0 Å². The first kappa shape index (κ1) is 14.6. The van der Waals surface area contributed by atoms with E-state index in [9.17, 15) is 4.79 Å². The molecule has 1 spiro atoms. The molecule has 0 bridgehead atoms. The third-order valence-electron chi connectivity index (χ3n) is 4.58. The van der Waals surface area contributed by atoms with Gasteiger partial charge in [0.2, 0.25) is 0 Å². The van der Waals surface area contributed by atoms with E-state index in [0.717, 1.165) is 32.6 Å². The number of piperidine rings is 2. The Bertz CT molecular complexity index is 330. The zero-order valence-corrected chi connectivity index (χ0v) is 12.8. The van der Waals surface area contributed by atoms with E-state index in [1.54, 1.807) is 0 Å². The van der Waals surface area contributed by atoms with Crippen LogP contribution in [0, 0.1) is 11.3 Å². The van der Waals surface area contributed by atoms with Crippen LogP contribution in [0.1, 0.15) is 47.0 Å². The Labute approximate surface area is 116 Å². The van der Waals surface area contributed by atoms with Gasteiger partial charge in [-0.05, 0) is 57.9 Å². The molecule has 2 rings (SSSR count). The molecule has 2 aliphatic rings. The van der Waals surface area contributed by atoms with Gasteiger partial charge in [0.1, 0.15) is 5.60 Å². The van der Waals surface area contributed by atoms with Crippen LogP contribution >= 0.6 is 0 Å². The molecule has 2 aliphatic heterocycles. The van der Waals surface area contributed by atoms with Crippen LogP contribution in [0.4, 0.5) is 4.79 Å². The number of nitrogens with zero attached hydrogens (tertiary/aromatic N) is 1. The number of likely N-dealkylation sites (tertiary alicyclic amines) is 1. The molecular formula is C15H28N2O2. The van der Waals surface area contributed by atoms with Crippen molar-refractivity contribution in [2.24, 2.45) is 11.3 Å². The van der Waals surface area contributed by atoms with Crippen molar-refractivity contribution in [1.82, 2.24) is 10.2 Å². The van der Waals surface area contributed by atoms with Crippen LogP contribution in [-0.4, -0.2) is 42.8 Å². The van der Waals surface area contributed by atoms with Crippen molar-refractivity contribution in [3.05, 3.63) is 0 Å². The summed E-state index contributed by atoms with van der Waals surface area (Å²) in [4.78, 5) is 14.0. The van der Waals surface area contributed by atoms with Crippen molar-refractivity contribution in [1.29, 1.82) is 0 Å². The average Bonchev–Trinajstić information content (AvgIpc) is 2.32. The van der Waals surface area contributed by atoms with Crippen LogP contribution < -0.4 is 5.32 Å². The van der Waals surface area contributed by atoms with Crippen molar-refractivity contribution in [2.45, 2.75) is 52.6 Å². The number of hydrogen-bond acceptors (Lipinski definition) is 3. The van der Waals surface area contributed by atoms with E-state index >= 15 is 0 Å². The standard InChI is InChI=1S/C15H28N2O2/c1-12-10-17(13(18)19-14(2,3)4)9-7-15(12)6-5-8-16-11-15/h12,16H,5-11H2,1-4H3. The van der Waals surface area contributed by atoms with Crippen molar-refractivity contribution in [2.75, 3.05) is 26.2 Å². The van der Waals surface area contributed by atoms with Gasteiger partial charge in [0, 0.05) is 19.6 Å². The fraction of sp³-hybridized carbons (Fsp3) is 0.933. The Kier molecular flexibility index (Phi) is 4.09. The molecule has 2 unspecified atom stereocenters. The zero-order valence-electron chi connectivity index (χ0n) is 12.8. The Morgan fingerprint density at radius 1 is 1.37 bits per heavy atom. The maximum atomic E-state index is 12.1. The highest BCUT2D eigenvalue weighted by Gasteiger charge is 2.42. The highest BCUT2D eigenvalue weighted by molar-refractivity contribution is 5.68. The van der Waals surface area contributed by atoms with E-state index in [2.05, 4.69) is 12.2 Å². The first-order chi connectivity index (χ1) is 8.82. The predicted octanol–water partition coefficient (Wildman–Crippen LogP) is 2.63. The van der Waals surface area contributed by atoms with E-state index in [-0.39, 0.29) is 6.09 Å². The monoisotopic (exact) mass is 268 g/mol. The summed E-state index contributed by atoms with van der Waals surface area (Å²) in [6, 6.07) is 0. The third kappa shape index (κ3) is 3.41. The lowest BCUT2D eigenvalue weighted by molar-refractivity contribution is -0.0126. The number of carbonyl (C=O) groups is 1. The Balaban J connectivity index is 1.94. The molecule has 0 aromatic rings. The quantitative estimate of drug-likeness (QED) is 0.734. The summed E-state index contributed by atoms with van der Waals surface area (Å²) in [7, 11) is 0. The van der Waals surface area contributed by atoms with Crippen LogP contribution in [-0.2, 0) is 4.74 Å². The molecule has 2 fully saturated rings. The van der Waals surface area contributed by atoms with Crippen LogP contribution in [0.3, 0.4) is 0 Å². The first-order valence-electron chi connectivity index (χ1n) is 7.51. The van der Waals surface area contributed by atoms with Gasteiger partial charge in [-0.25, -0.2) is 4.79 Å². The lowest BCUT2D eigenvalue weighted by atomic mass is 9.67. The Morgan fingerprint density at radius 2 is 2.11 bits per heavy atom. The van der Waals surface area contributed by atoms with E-state index in [4.69, 9.17) is 4.74 Å². The molecule has 0 radical (unpaired) electrons. The molecule has 2 heterocycles. The molecular weight excluding hydrogens is 240 g/mol. The fourth-order valence-electron chi connectivity index (χ4n) is 3.34. The maximum Gasteiger partial charge on any atom is 0.410 e. The van der Waals surface area contributed by atoms with Gasteiger partial charge in [-0.15, -0.1) is 0 Å². The zero-order chi connectivity index (χ0) is 14.1. The third-order valence-corrected chi connectivity index (χ3v) is 4.58. The largest absolute Gasteiger partial charge is 0.444 e. The molecule has 0 aromatic heterocycles. The molecule has 4 heteroatoms. The molecule has 2 saturated heterocycles. The Hall–Kier alpha value is -0.770. The summed E-state index contributed by atoms with van der Waals surface area (Å²) in [5, 5.41) is 3.52. The lowest BCUT2D eigenvalue weighted by Crippen LogP contribution is -2.54. The summed E-state index contributed by atoms with van der Waals surface area (Å²) in [5.41, 5.74) is -0.00138. The summed E-state index contributed by atoms with van der Waals surface area (Å²) < 4.78 is 5.47. The average molecular weight is 268 g/mol. The van der Waals surface area contributed by atoms with E-state index < -0.39 is 5.60 Å². The summed E-state index contributed by atoms with van der Waals surface area (Å²) in [6.45, 7) is 12.0. The maximum absolute atomic E-state index is 12.1. The van der Waals surface area contributed by atoms with Crippen LogP contribution in [0.2, 0.25) is 0 Å². The van der Waals surface area contributed by atoms with Crippen molar-refractivity contribution in [3.8, 4) is 0 Å². The number of amides is 1. The van der Waals surface area contributed by atoms with Gasteiger partial charge in [0.05, 0.1) is 0 Å². The van der Waals surface area contributed by atoms with Crippen molar-refractivity contribution >= 4 is 6.09 Å². The van der Waals surface area contributed by atoms with Gasteiger partial charge >= 0.3 is 6.09 Å². The normalized spacial score (nSPS) is 32.4. The minimum absolute atomic E-state index is 0.155. The second-order valence-electron chi connectivity index (χ2n) is 7.22. The molecule has 0 aromatic carbocycles. The van der Waals surface area contributed by atoms with Gasteiger partial charge in [0.15, 0.2) is 0 Å². The minimum atomic E-state index is -0.401. The topological polar surface area (TPSA) is 41.6 Å². The smallest absolute Gasteiger partial charge is 0.410 e. The van der Waals surface area contributed by atoms with E-state index in [0.29, 0.717) is 11.3 Å². The number of ether oxygens (including phenoxy) is 1. The molecule has 2 atom stereocenters. The molecule has 4 nitrogen and oxygen atoms in total. The van der Waals surface area contributed by atoms with E-state index in [1.807, 2.05) is 25.7 Å². The number of rotatable bonds is 0. The van der Waals surface area contributed by atoms with Crippen molar-refractivity contribution in [3.63, 3.8) is 0 Å². The fourth-order valence-corrected chi connectivity index (χ4v) is 3.34. The lowest BCUT2D eigenvalue weighted by Gasteiger charge is -2.49. The minimum Gasteiger partial charge on any atom is -0.444 e. The predicted molar refractivity (Wildman–Crippen MR) is 76.1 cm³/mol. The van der Waals surface area contributed by atoms with E-state index in [1.165, 1.54) is 12.8 Å². The summed E-state index contributed by atoms with van der Waals surface area (Å²) in [5.74, 6) is 0.543. The van der Waals surface area contributed by atoms with Crippen molar-refractivity contribution < 1.29 is 9.53 Å².